The minimum Gasteiger partial charge on any atom is -0.376 e. The van der Waals surface area contributed by atoms with Gasteiger partial charge in [0.15, 0.2) is 5.96 Å². The Labute approximate surface area is 205 Å². The molecular formula is C22H32IN5O2S. The number of guanidine groups is 1. The number of carbonyl (C=O) groups excluding carboxylic acids is 1. The van der Waals surface area contributed by atoms with E-state index in [9.17, 15) is 4.79 Å². The molecule has 1 fully saturated rings. The average molecular weight is 558 g/mol. The van der Waals surface area contributed by atoms with Gasteiger partial charge in [-0.15, -0.1) is 35.3 Å². The lowest BCUT2D eigenvalue weighted by Crippen LogP contribution is -2.38. The number of hydrogen-bond donors (Lipinski definition) is 2. The average Bonchev–Trinajstić information content (AvgIpc) is 3.41. The molecule has 9 heteroatoms. The minimum atomic E-state index is -0.0701. The number of halogens is 1. The summed E-state index contributed by atoms with van der Waals surface area (Å²) in [5.74, 6) is 0.746. The van der Waals surface area contributed by atoms with Crippen LogP contribution in [0.15, 0.2) is 34.6 Å². The van der Waals surface area contributed by atoms with Crippen molar-refractivity contribution < 1.29 is 9.53 Å². The normalized spacial score (nSPS) is 16.0. The first-order valence-electron chi connectivity index (χ1n) is 10.4. The van der Waals surface area contributed by atoms with E-state index in [2.05, 4.69) is 32.8 Å². The smallest absolute Gasteiger partial charge is 0.251 e. The molecule has 1 unspecified atom stereocenters. The zero-order valence-electron chi connectivity index (χ0n) is 18.4. The van der Waals surface area contributed by atoms with E-state index in [1.165, 1.54) is 0 Å². The quantitative estimate of drug-likeness (QED) is 0.295. The Kier molecular flexibility index (Phi) is 10.7. The first kappa shape index (κ1) is 25.5. The van der Waals surface area contributed by atoms with Crippen molar-refractivity contribution in [3.8, 4) is 0 Å². The van der Waals surface area contributed by atoms with Gasteiger partial charge in [0.2, 0.25) is 0 Å². The molecule has 0 bridgehead atoms. The first-order valence-corrected chi connectivity index (χ1v) is 11.3. The third-order valence-corrected chi connectivity index (χ3v) is 5.70. The van der Waals surface area contributed by atoms with Crippen molar-refractivity contribution >= 4 is 47.2 Å². The topological polar surface area (TPSA) is 78.8 Å². The molecule has 170 valence electrons. The summed E-state index contributed by atoms with van der Waals surface area (Å²) in [5.41, 5.74) is 2.68. The second kappa shape index (κ2) is 13.0. The Morgan fingerprint density at radius 2 is 2.23 bits per heavy atom. The van der Waals surface area contributed by atoms with Gasteiger partial charge in [-0.25, -0.2) is 9.98 Å². The Morgan fingerprint density at radius 1 is 1.39 bits per heavy atom. The van der Waals surface area contributed by atoms with Crippen molar-refractivity contribution in [2.45, 2.75) is 45.9 Å². The van der Waals surface area contributed by atoms with Crippen LogP contribution in [-0.4, -0.2) is 54.6 Å². The van der Waals surface area contributed by atoms with Gasteiger partial charge < -0.3 is 20.3 Å². The van der Waals surface area contributed by atoms with E-state index in [-0.39, 0.29) is 36.0 Å². The van der Waals surface area contributed by atoms with Gasteiger partial charge in [0.25, 0.3) is 5.91 Å². The predicted octanol–water partition coefficient (Wildman–Crippen LogP) is 3.58. The number of amides is 1. The van der Waals surface area contributed by atoms with Crippen LogP contribution in [0.4, 0.5) is 0 Å². The summed E-state index contributed by atoms with van der Waals surface area (Å²) >= 11 is 1.65. The van der Waals surface area contributed by atoms with Crippen LogP contribution in [0.3, 0.4) is 0 Å². The number of aryl methyl sites for hydroxylation is 1. The number of nitrogens with zero attached hydrogens (tertiary/aromatic N) is 3. The highest BCUT2D eigenvalue weighted by Crippen LogP contribution is 2.12. The fourth-order valence-electron chi connectivity index (χ4n) is 3.36. The molecule has 1 atom stereocenters. The number of ether oxygens (including phenoxy) is 1. The number of carbonyl (C=O) groups is 1. The highest BCUT2D eigenvalue weighted by atomic mass is 127. The molecule has 0 radical (unpaired) electrons. The number of benzene rings is 1. The molecule has 31 heavy (non-hydrogen) atoms. The highest BCUT2D eigenvalue weighted by molar-refractivity contribution is 14.0. The van der Waals surface area contributed by atoms with Crippen LogP contribution in [0.25, 0.3) is 0 Å². The number of hydrogen-bond acceptors (Lipinski definition) is 5. The first-order chi connectivity index (χ1) is 14.5. The summed E-state index contributed by atoms with van der Waals surface area (Å²) in [5, 5.41) is 9.44. The minimum absolute atomic E-state index is 0. The van der Waals surface area contributed by atoms with Crippen LogP contribution in [0.1, 0.15) is 46.4 Å². The van der Waals surface area contributed by atoms with Gasteiger partial charge in [0.05, 0.1) is 29.9 Å². The largest absolute Gasteiger partial charge is 0.376 e. The fraction of sp³-hybridized carbons (Fsp3) is 0.500. The Bertz CT molecular complexity index is 867. The fourth-order valence-corrected chi connectivity index (χ4v) is 3.96. The van der Waals surface area contributed by atoms with Crippen LogP contribution >= 0.6 is 35.3 Å². The van der Waals surface area contributed by atoms with E-state index in [0.717, 1.165) is 48.2 Å². The number of nitrogens with one attached hydrogen (secondary N) is 2. The summed E-state index contributed by atoms with van der Waals surface area (Å²) in [6, 6.07) is 7.63. The van der Waals surface area contributed by atoms with Crippen LogP contribution < -0.4 is 10.6 Å². The summed E-state index contributed by atoms with van der Waals surface area (Å²) in [7, 11) is 2.01. The van der Waals surface area contributed by atoms with Crippen molar-refractivity contribution in [2.24, 2.45) is 4.99 Å². The van der Waals surface area contributed by atoms with Gasteiger partial charge in [-0.1, -0.05) is 12.1 Å². The number of thiazole rings is 1. The van der Waals surface area contributed by atoms with Gasteiger partial charge in [0, 0.05) is 37.7 Å². The number of aliphatic imine (C=N–C) groups is 1. The standard InChI is InChI=1S/C22H31N5O2S.HI/c1-4-23-22(27(3)14-19-15-30-16(2)26-19)25-12-17-7-5-8-18(11-17)21(28)24-13-20-9-6-10-29-20;/h5,7-8,11,15,20H,4,6,9-10,12-14H2,1-3H3,(H,23,25)(H,24,28);1H. The van der Waals surface area contributed by atoms with E-state index < -0.39 is 0 Å². The lowest BCUT2D eigenvalue weighted by Gasteiger charge is -2.21. The van der Waals surface area contributed by atoms with E-state index in [0.29, 0.717) is 25.2 Å². The van der Waals surface area contributed by atoms with E-state index in [1.54, 1.807) is 11.3 Å². The van der Waals surface area contributed by atoms with Crippen molar-refractivity contribution in [2.75, 3.05) is 26.7 Å². The molecule has 0 aliphatic carbocycles. The third kappa shape index (κ3) is 8.04. The molecule has 1 aromatic heterocycles. The van der Waals surface area contributed by atoms with Gasteiger partial charge in [-0.05, 0) is 44.4 Å². The van der Waals surface area contributed by atoms with E-state index >= 15 is 0 Å². The number of rotatable bonds is 8. The lowest BCUT2D eigenvalue weighted by atomic mass is 10.1. The molecule has 2 heterocycles. The number of aromatic nitrogens is 1. The molecule has 2 aromatic rings. The predicted molar refractivity (Wildman–Crippen MR) is 136 cm³/mol. The van der Waals surface area contributed by atoms with Crippen LogP contribution in [0.5, 0.6) is 0 Å². The summed E-state index contributed by atoms with van der Waals surface area (Å²) in [4.78, 5) is 23.8. The molecule has 7 nitrogen and oxygen atoms in total. The van der Waals surface area contributed by atoms with Crippen LogP contribution in [-0.2, 0) is 17.8 Å². The lowest BCUT2D eigenvalue weighted by molar-refractivity contribution is 0.0857. The maximum atomic E-state index is 12.5. The third-order valence-electron chi connectivity index (χ3n) is 4.88. The summed E-state index contributed by atoms with van der Waals surface area (Å²) < 4.78 is 5.57. The Morgan fingerprint density at radius 3 is 2.90 bits per heavy atom. The van der Waals surface area contributed by atoms with E-state index in [4.69, 9.17) is 9.73 Å². The van der Waals surface area contributed by atoms with Crippen LogP contribution in [0.2, 0.25) is 0 Å². The van der Waals surface area contributed by atoms with Crippen molar-refractivity contribution in [1.82, 2.24) is 20.5 Å². The zero-order valence-corrected chi connectivity index (χ0v) is 21.5. The molecule has 0 saturated carbocycles. The van der Waals surface area contributed by atoms with E-state index in [1.807, 2.05) is 38.2 Å². The summed E-state index contributed by atoms with van der Waals surface area (Å²) in [6.45, 7) is 7.39. The van der Waals surface area contributed by atoms with Crippen molar-refractivity contribution in [3.63, 3.8) is 0 Å². The van der Waals surface area contributed by atoms with Crippen molar-refractivity contribution in [3.05, 3.63) is 51.5 Å². The molecule has 1 saturated heterocycles. The van der Waals surface area contributed by atoms with Gasteiger partial charge >= 0.3 is 0 Å². The maximum Gasteiger partial charge on any atom is 0.251 e. The van der Waals surface area contributed by atoms with Gasteiger partial charge in [0.1, 0.15) is 0 Å². The molecule has 2 N–H and O–H groups in total. The molecule has 1 aromatic carbocycles. The molecular weight excluding hydrogens is 525 g/mol. The molecule has 0 spiro atoms. The monoisotopic (exact) mass is 557 g/mol. The zero-order chi connectivity index (χ0) is 21.3. The van der Waals surface area contributed by atoms with Crippen molar-refractivity contribution in [1.29, 1.82) is 0 Å². The second-order valence-corrected chi connectivity index (χ2v) is 8.49. The Balaban J connectivity index is 0.00000341. The maximum absolute atomic E-state index is 12.5. The molecule has 3 rings (SSSR count). The van der Waals surface area contributed by atoms with Gasteiger partial charge in [-0.3, -0.25) is 4.79 Å². The summed E-state index contributed by atoms with van der Waals surface area (Å²) in [6.07, 6.45) is 2.22. The molecule has 1 aliphatic heterocycles. The molecule has 1 aliphatic rings. The Hall–Kier alpha value is -1.72. The van der Waals surface area contributed by atoms with Crippen LogP contribution in [0, 0.1) is 6.92 Å². The van der Waals surface area contributed by atoms with Gasteiger partial charge in [-0.2, -0.15) is 0 Å². The SMILES string of the molecule is CCNC(=NCc1cccc(C(=O)NCC2CCCO2)c1)N(C)Cc1csc(C)n1.I. The molecule has 1 amide bonds. The second-order valence-electron chi connectivity index (χ2n) is 7.43. The highest BCUT2D eigenvalue weighted by Gasteiger charge is 2.16.